The first kappa shape index (κ1) is 14.9. The molecule has 0 bridgehead atoms. The molecule has 0 radical (unpaired) electrons. The maximum absolute atomic E-state index is 12.4. The lowest BCUT2D eigenvalue weighted by Crippen LogP contribution is -2.48. The molecule has 1 aromatic carbocycles. The van der Waals surface area contributed by atoms with E-state index in [9.17, 15) is 9.90 Å². The minimum absolute atomic E-state index is 0.0757. The Labute approximate surface area is 120 Å². The molecule has 0 spiro atoms. The lowest BCUT2D eigenvalue weighted by atomic mass is 9.96. The molecule has 110 valence electrons. The number of hydrogen-bond donors (Lipinski definition) is 1. The van der Waals surface area contributed by atoms with Crippen molar-refractivity contribution < 1.29 is 14.6 Å². The van der Waals surface area contributed by atoms with Crippen molar-refractivity contribution in [2.45, 2.75) is 44.8 Å². The van der Waals surface area contributed by atoms with Crippen LogP contribution in [-0.2, 0) is 11.2 Å². The summed E-state index contributed by atoms with van der Waals surface area (Å²) in [5.74, 6) is 0.872. The Bertz CT molecular complexity index is 462. The average Bonchev–Trinajstić information content (AvgIpc) is 2.89. The number of amides is 1. The maximum Gasteiger partial charge on any atom is 0.227 e. The van der Waals surface area contributed by atoms with E-state index in [1.54, 1.807) is 21.0 Å². The number of benzene rings is 1. The Kier molecular flexibility index (Phi) is 4.33. The summed E-state index contributed by atoms with van der Waals surface area (Å²) >= 11 is 0. The first-order chi connectivity index (χ1) is 9.41. The summed E-state index contributed by atoms with van der Waals surface area (Å²) in [5.41, 5.74) is 0.128. The van der Waals surface area contributed by atoms with Crippen molar-refractivity contribution in [1.82, 2.24) is 4.90 Å². The highest BCUT2D eigenvalue weighted by Crippen LogP contribution is 2.27. The minimum Gasteiger partial charge on any atom is -0.497 e. The SMILES string of the molecule is COc1ccc(CC(=O)N2CCCC2C(C)(C)O)cc1. The molecular weight excluding hydrogens is 254 g/mol. The van der Waals surface area contributed by atoms with Gasteiger partial charge in [0.1, 0.15) is 5.75 Å². The van der Waals surface area contributed by atoms with Crippen LogP contribution in [0.1, 0.15) is 32.3 Å². The highest BCUT2D eigenvalue weighted by molar-refractivity contribution is 5.79. The zero-order chi connectivity index (χ0) is 14.8. The monoisotopic (exact) mass is 277 g/mol. The van der Waals surface area contributed by atoms with Crippen molar-refractivity contribution in [3.05, 3.63) is 29.8 Å². The second-order valence-electron chi connectivity index (χ2n) is 5.92. The quantitative estimate of drug-likeness (QED) is 0.915. The zero-order valence-electron chi connectivity index (χ0n) is 12.4. The summed E-state index contributed by atoms with van der Waals surface area (Å²) in [6.07, 6.45) is 2.21. The standard InChI is InChI=1S/C16H23NO3/c1-16(2,19)14-5-4-10-17(14)15(18)11-12-6-8-13(20-3)9-7-12/h6-9,14,19H,4-5,10-11H2,1-3H3. The van der Waals surface area contributed by atoms with Gasteiger partial charge in [0, 0.05) is 6.54 Å². The van der Waals surface area contributed by atoms with E-state index in [1.165, 1.54) is 0 Å². The van der Waals surface area contributed by atoms with Crippen molar-refractivity contribution in [2.75, 3.05) is 13.7 Å². The van der Waals surface area contributed by atoms with Crippen LogP contribution in [0.25, 0.3) is 0 Å². The van der Waals surface area contributed by atoms with E-state index in [-0.39, 0.29) is 11.9 Å². The van der Waals surface area contributed by atoms with Gasteiger partial charge in [-0.3, -0.25) is 4.79 Å². The van der Waals surface area contributed by atoms with Gasteiger partial charge in [-0.1, -0.05) is 12.1 Å². The third-order valence-corrected chi connectivity index (χ3v) is 3.90. The molecule has 1 unspecified atom stereocenters. The molecule has 4 nitrogen and oxygen atoms in total. The predicted octanol–water partition coefficient (Wildman–Crippen LogP) is 2.00. The van der Waals surface area contributed by atoms with E-state index in [1.807, 2.05) is 29.2 Å². The third kappa shape index (κ3) is 3.31. The van der Waals surface area contributed by atoms with Crippen LogP contribution < -0.4 is 4.74 Å². The molecule has 20 heavy (non-hydrogen) atoms. The smallest absolute Gasteiger partial charge is 0.227 e. The number of methoxy groups -OCH3 is 1. The van der Waals surface area contributed by atoms with Crippen molar-refractivity contribution in [3.63, 3.8) is 0 Å². The molecule has 2 rings (SSSR count). The fourth-order valence-electron chi connectivity index (χ4n) is 2.82. The van der Waals surface area contributed by atoms with Gasteiger partial charge < -0.3 is 14.7 Å². The van der Waals surface area contributed by atoms with Gasteiger partial charge >= 0.3 is 0 Å². The number of hydrogen-bond acceptors (Lipinski definition) is 3. The highest BCUT2D eigenvalue weighted by Gasteiger charge is 2.38. The van der Waals surface area contributed by atoms with Crippen molar-refractivity contribution in [1.29, 1.82) is 0 Å². The van der Waals surface area contributed by atoms with Gasteiger partial charge in [0.05, 0.1) is 25.2 Å². The Morgan fingerprint density at radius 2 is 2.05 bits per heavy atom. The van der Waals surface area contributed by atoms with Crippen molar-refractivity contribution in [2.24, 2.45) is 0 Å². The van der Waals surface area contributed by atoms with Crippen LogP contribution in [0.15, 0.2) is 24.3 Å². The molecule has 1 saturated heterocycles. The molecular formula is C16H23NO3. The molecule has 1 aliphatic heterocycles. The number of carbonyl (C=O) groups excluding carboxylic acids is 1. The van der Waals surface area contributed by atoms with Crippen LogP contribution in [0.5, 0.6) is 5.75 Å². The number of carbonyl (C=O) groups is 1. The van der Waals surface area contributed by atoms with Gasteiger partial charge in [-0.2, -0.15) is 0 Å². The van der Waals surface area contributed by atoms with E-state index in [0.717, 1.165) is 30.7 Å². The van der Waals surface area contributed by atoms with E-state index >= 15 is 0 Å². The molecule has 0 saturated carbocycles. The van der Waals surface area contributed by atoms with Crippen molar-refractivity contribution in [3.8, 4) is 5.75 Å². The van der Waals surface area contributed by atoms with Crippen LogP contribution in [0.2, 0.25) is 0 Å². The molecule has 1 aliphatic rings. The van der Waals surface area contributed by atoms with Gasteiger partial charge in [0.2, 0.25) is 5.91 Å². The van der Waals surface area contributed by atoms with Gasteiger partial charge in [0.15, 0.2) is 0 Å². The number of ether oxygens (including phenoxy) is 1. The van der Waals surface area contributed by atoms with Crippen LogP contribution in [-0.4, -0.2) is 41.2 Å². The van der Waals surface area contributed by atoms with Crippen LogP contribution in [0, 0.1) is 0 Å². The Morgan fingerprint density at radius 3 is 2.60 bits per heavy atom. The number of rotatable bonds is 4. The number of nitrogens with zero attached hydrogens (tertiary/aromatic N) is 1. The van der Waals surface area contributed by atoms with E-state index in [4.69, 9.17) is 4.74 Å². The molecule has 0 aliphatic carbocycles. The molecule has 1 atom stereocenters. The Balaban J connectivity index is 2.03. The van der Waals surface area contributed by atoms with Gasteiger partial charge in [0.25, 0.3) is 0 Å². The molecule has 1 aromatic rings. The molecule has 1 N–H and O–H groups in total. The molecule has 4 heteroatoms. The Hall–Kier alpha value is -1.55. The van der Waals surface area contributed by atoms with E-state index in [2.05, 4.69) is 0 Å². The van der Waals surface area contributed by atoms with Crippen LogP contribution in [0.4, 0.5) is 0 Å². The van der Waals surface area contributed by atoms with Gasteiger partial charge in [-0.25, -0.2) is 0 Å². The fraction of sp³-hybridized carbons (Fsp3) is 0.562. The van der Waals surface area contributed by atoms with Crippen molar-refractivity contribution >= 4 is 5.91 Å². The Morgan fingerprint density at radius 1 is 1.40 bits per heavy atom. The topological polar surface area (TPSA) is 49.8 Å². The summed E-state index contributed by atoms with van der Waals surface area (Å²) in [4.78, 5) is 14.2. The first-order valence-corrected chi connectivity index (χ1v) is 7.06. The normalized spacial score (nSPS) is 19.2. The lowest BCUT2D eigenvalue weighted by molar-refractivity contribution is -0.135. The summed E-state index contributed by atoms with van der Waals surface area (Å²) in [6, 6.07) is 7.46. The third-order valence-electron chi connectivity index (χ3n) is 3.90. The second kappa shape index (κ2) is 5.83. The largest absolute Gasteiger partial charge is 0.497 e. The first-order valence-electron chi connectivity index (χ1n) is 7.06. The fourth-order valence-corrected chi connectivity index (χ4v) is 2.82. The molecule has 0 aromatic heterocycles. The summed E-state index contributed by atoms with van der Waals surface area (Å²) in [5, 5.41) is 10.2. The zero-order valence-corrected chi connectivity index (χ0v) is 12.4. The van der Waals surface area contributed by atoms with E-state index < -0.39 is 5.60 Å². The summed E-state index contributed by atoms with van der Waals surface area (Å²) in [7, 11) is 1.62. The highest BCUT2D eigenvalue weighted by atomic mass is 16.5. The minimum atomic E-state index is -0.841. The van der Waals surface area contributed by atoms with E-state index in [0.29, 0.717) is 6.42 Å². The van der Waals surface area contributed by atoms with Crippen LogP contribution in [0.3, 0.4) is 0 Å². The molecule has 1 heterocycles. The average molecular weight is 277 g/mol. The predicted molar refractivity (Wildman–Crippen MR) is 77.7 cm³/mol. The number of likely N-dealkylation sites (tertiary alicyclic amines) is 1. The van der Waals surface area contributed by atoms with Crippen LogP contribution >= 0.6 is 0 Å². The number of aliphatic hydroxyl groups is 1. The summed E-state index contributed by atoms with van der Waals surface area (Å²) in [6.45, 7) is 4.29. The maximum atomic E-state index is 12.4. The van der Waals surface area contributed by atoms with Gasteiger partial charge in [-0.15, -0.1) is 0 Å². The van der Waals surface area contributed by atoms with Gasteiger partial charge in [-0.05, 0) is 44.4 Å². The lowest BCUT2D eigenvalue weighted by Gasteiger charge is -2.34. The second-order valence-corrected chi connectivity index (χ2v) is 5.92. The molecule has 1 amide bonds. The molecule has 1 fully saturated rings. The summed E-state index contributed by atoms with van der Waals surface area (Å²) < 4.78 is 5.11.